The maximum absolute atomic E-state index is 13.4. The molecule has 0 spiro atoms. The van der Waals surface area contributed by atoms with Crippen molar-refractivity contribution in [2.75, 3.05) is 0 Å². The van der Waals surface area contributed by atoms with Gasteiger partial charge in [0.25, 0.3) is 0 Å². The molecule has 6 rings (SSSR count). The Kier molecular flexibility index (Phi) is 4.61. The van der Waals surface area contributed by atoms with Gasteiger partial charge in [-0.05, 0) is 84.9 Å². The predicted octanol–water partition coefficient (Wildman–Crippen LogP) is 5.55. The minimum absolute atomic E-state index is 0.0668. The van der Waals surface area contributed by atoms with Crippen molar-refractivity contribution in [3.8, 4) is 34.4 Å². The van der Waals surface area contributed by atoms with Crippen LogP contribution in [0.4, 0.5) is 0 Å². The van der Waals surface area contributed by atoms with Crippen LogP contribution >= 0.6 is 0 Å². The number of sulfone groups is 1. The fourth-order valence-electron chi connectivity index (χ4n) is 3.74. The second-order valence-electron chi connectivity index (χ2n) is 7.89. The van der Waals surface area contributed by atoms with E-state index >= 15 is 0 Å². The highest BCUT2D eigenvalue weighted by Gasteiger charge is 2.21. The van der Waals surface area contributed by atoms with Crippen LogP contribution in [0.2, 0.25) is 0 Å². The van der Waals surface area contributed by atoms with Gasteiger partial charge >= 0.3 is 0 Å². The summed E-state index contributed by atoms with van der Waals surface area (Å²) in [5.41, 5.74) is 2.99. The summed E-state index contributed by atoms with van der Waals surface area (Å²) in [6.07, 6.45) is 0. The molecule has 0 unspecified atom stereocenters. The summed E-state index contributed by atoms with van der Waals surface area (Å²) in [5.74, 6) is 0.885. The Hall–Kier alpha value is -4.63. The number of phenols is 2. The Balaban J connectivity index is 1.37. The molecule has 0 aliphatic rings. The van der Waals surface area contributed by atoms with Gasteiger partial charge in [-0.3, -0.25) is 0 Å². The third-order valence-corrected chi connectivity index (χ3v) is 7.32. The van der Waals surface area contributed by atoms with Crippen molar-refractivity contribution in [3.63, 3.8) is 0 Å². The number of benzene rings is 4. The zero-order chi connectivity index (χ0) is 24.2. The van der Waals surface area contributed by atoms with Crippen molar-refractivity contribution in [2.45, 2.75) is 9.79 Å². The first kappa shape index (κ1) is 20.9. The molecular formula is C26H16N2O6S. The number of rotatable bonds is 4. The molecule has 0 amide bonds. The van der Waals surface area contributed by atoms with Gasteiger partial charge in [-0.2, -0.15) is 0 Å². The number of oxazole rings is 2. The molecule has 0 bridgehead atoms. The number of aromatic nitrogens is 2. The van der Waals surface area contributed by atoms with Crippen LogP contribution < -0.4 is 0 Å². The van der Waals surface area contributed by atoms with Gasteiger partial charge in [0.05, 0.1) is 9.79 Å². The molecule has 8 nitrogen and oxygen atoms in total. The lowest BCUT2D eigenvalue weighted by molar-refractivity contribution is 0.474. The van der Waals surface area contributed by atoms with Gasteiger partial charge in [-0.15, -0.1) is 0 Å². The molecule has 0 radical (unpaired) electrons. The molecular weight excluding hydrogens is 468 g/mol. The van der Waals surface area contributed by atoms with E-state index in [0.29, 0.717) is 45.1 Å². The lowest BCUT2D eigenvalue weighted by Gasteiger charge is -2.04. The first-order chi connectivity index (χ1) is 16.9. The predicted molar refractivity (Wildman–Crippen MR) is 128 cm³/mol. The molecule has 0 saturated heterocycles. The van der Waals surface area contributed by atoms with Crippen LogP contribution in [0.25, 0.3) is 45.1 Å². The molecule has 172 valence electrons. The number of hydrogen-bond donors (Lipinski definition) is 2. The molecule has 0 saturated carbocycles. The van der Waals surface area contributed by atoms with Crippen molar-refractivity contribution in [1.82, 2.24) is 9.97 Å². The minimum Gasteiger partial charge on any atom is -0.508 e. The van der Waals surface area contributed by atoms with E-state index in [-0.39, 0.29) is 21.3 Å². The van der Waals surface area contributed by atoms with E-state index in [9.17, 15) is 18.6 Å². The van der Waals surface area contributed by atoms with E-state index in [1.54, 1.807) is 36.4 Å². The summed E-state index contributed by atoms with van der Waals surface area (Å²) < 4.78 is 38.3. The topological polar surface area (TPSA) is 127 Å². The molecule has 2 heterocycles. The van der Waals surface area contributed by atoms with Crippen LogP contribution in [0.1, 0.15) is 0 Å². The van der Waals surface area contributed by atoms with Gasteiger partial charge in [0.1, 0.15) is 22.5 Å². The SMILES string of the molecule is O=S(=O)(c1ccc2oc(-c3ccc(O)cc3)nc2c1)c1ccc2oc(-c3ccc(O)cc3)nc2c1. The highest BCUT2D eigenvalue weighted by molar-refractivity contribution is 7.91. The average molecular weight is 484 g/mol. The number of aromatic hydroxyl groups is 2. The molecule has 0 aliphatic carbocycles. The average Bonchev–Trinajstić information content (AvgIpc) is 3.48. The fourth-order valence-corrected chi connectivity index (χ4v) is 5.04. The highest BCUT2D eigenvalue weighted by atomic mass is 32.2. The summed E-state index contributed by atoms with van der Waals surface area (Å²) in [6, 6.07) is 21.7. The zero-order valence-electron chi connectivity index (χ0n) is 17.9. The third-order valence-electron chi connectivity index (χ3n) is 5.57. The molecule has 2 aromatic heterocycles. The Morgan fingerprint density at radius 1 is 0.571 bits per heavy atom. The van der Waals surface area contributed by atoms with E-state index in [1.807, 2.05) is 0 Å². The standard InChI is InChI=1S/C26H16N2O6S/c29-17-5-1-15(2-6-17)25-27-21-13-19(9-11-23(21)33-25)35(31,32)20-10-12-24-22(14-20)28-26(34-24)16-3-7-18(30)8-4-16/h1-14,29-30H. The van der Waals surface area contributed by atoms with E-state index in [1.165, 1.54) is 48.5 Å². The van der Waals surface area contributed by atoms with Crippen LogP contribution in [0.5, 0.6) is 11.5 Å². The second kappa shape index (κ2) is 7.71. The Bertz CT molecular complexity index is 1690. The molecule has 6 aromatic rings. The molecule has 35 heavy (non-hydrogen) atoms. The summed E-state index contributed by atoms with van der Waals surface area (Å²) in [6.45, 7) is 0. The molecule has 0 atom stereocenters. The maximum Gasteiger partial charge on any atom is 0.227 e. The summed E-state index contributed by atoms with van der Waals surface area (Å²) in [7, 11) is -3.87. The van der Waals surface area contributed by atoms with Crippen molar-refractivity contribution in [2.24, 2.45) is 0 Å². The Morgan fingerprint density at radius 2 is 0.971 bits per heavy atom. The van der Waals surface area contributed by atoms with Gasteiger partial charge in [-0.1, -0.05) is 0 Å². The summed E-state index contributed by atoms with van der Waals surface area (Å²) >= 11 is 0. The van der Waals surface area contributed by atoms with E-state index in [4.69, 9.17) is 8.83 Å². The smallest absolute Gasteiger partial charge is 0.227 e. The lowest BCUT2D eigenvalue weighted by Crippen LogP contribution is -2.01. The molecule has 0 fully saturated rings. The van der Waals surface area contributed by atoms with Crippen LogP contribution in [0.15, 0.2) is 104 Å². The summed E-state index contributed by atoms with van der Waals surface area (Å²) in [4.78, 5) is 8.96. The van der Waals surface area contributed by atoms with Crippen LogP contribution in [-0.2, 0) is 9.84 Å². The maximum atomic E-state index is 13.4. The van der Waals surface area contributed by atoms with E-state index in [0.717, 1.165) is 0 Å². The number of hydrogen-bond acceptors (Lipinski definition) is 8. The first-order valence-corrected chi connectivity index (χ1v) is 12.0. The van der Waals surface area contributed by atoms with Gasteiger partial charge in [0.2, 0.25) is 21.6 Å². The van der Waals surface area contributed by atoms with Crippen molar-refractivity contribution in [3.05, 3.63) is 84.9 Å². The van der Waals surface area contributed by atoms with Crippen molar-refractivity contribution < 1.29 is 27.5 Å². The fraction of sp³-hybridized carbons (Fsp3) is 0. The van der Waals surface area contributed by atoms with Gasteiger partial charge < -0.3 is 19.0 Å². The third kappa shape index (κ3) is 3.68. The van der Waals surface area contributed by atoms with Gasteiger partial charge in [0, 0.05) is 11.1 Å². The van der Waals surface area contributed by atoms with Crippen LogP contribution in [0.3, 0.4) is 0 Å². The van der Waals surface area contributed by atoms with E-state index in [2.05, 4.69) is 9.97 Å². The first-order valence-electron chi connectivity index (χ1n) is 10.5. The molecule has 2 N–H and O–H groups in total. The van der Waals surface area contributed by atoms with Gasteiger partial charge in [-0.25, -0.2) is 18.4 Å². The van der Waals surface area contributed by atoms with Crippen molar-refractivity contribution in [1.29, 1.82) is 0 Å². The van der Waals surface area contributed by atoms with Crippen LogP contribution in [0, 0.1) is 0 Å². The Labute approximate surface area is 198 Å². The highest BCUT2D eigenvalue weighted by Crippen LogP contribution is 2.31. The Morgan fingerprint density at radius 3 is 1.37 bits per heavy atom. The second-order valence-corrected chi connectivity index (χ2v) is 9.84. The van der Waals surface area contributed by atoms with Crippen molar-refractivity contribution >= 4 is 32.0 Å². The normalized spacial score (nSPS) is 11.9. The minimum atomic E-state index is -3.87. The van der Waals surface area contributed by atoms with Crippen LogP contribution in [-0.4, -0.2) is 28.6 Å². The van der Waals surface area contributed by atoms with E-state index < -0.39 is 9.84 Å². The molecule has 0 aliphatic heterocycles. The summed E-state index contributed by atoms with van der Waals surface area (Å²) in [5, 5.41) is 19.0. The number of phenolic OH excluding ortho intramolecular Hbond substituents is 2. The molecule has 4 aromatic carbocycles. The largest absolute Gasteiger partial charge is 0.508 e. The molecule has 9 heteroatoms. The number of fused-ring (bicyclic) bond motifs is 2. The monoisotopic (exact) mass is 484 g/mol. The van der Waals surface area contributed by atoms with Gasteiger partial charge in [0.15, 0.2) is 11.2 Å². The zero-order valence-corrected chi connectivity index (χ0v) is 18.7. The lowest BCUT2D eigenvalue weighted by atomic mass is 10.2. The quantitative estimate of drug-likeness (QED) is 0.334. The number of nitrogens with zero attached hydrogens (tertiary/aromatic N) is 2.